The second kappa shape index (κ2) is 10.1. The number of carboxylic acid groups (broad SMARTS) is 1. The monoisotopic (exact) mass is 584 g/mol. The number of carboxylic acids is 1. The molecule has 0 radical (unpaired) electrons. The Morgan fingerprint density at radius 3 is 2.17 bits per heavy atom. The van der Waals surface area contributed by atoms with Crippen LogP contribution in [0.2, 0.25) is 0 Å². The van der Waals surface area contributed by atoms with Gasteiger partial charge in [0.2, 0.25) is 5.91 Å². The number of alkyl carbamates (subject to hydrolysis) is 1. The third-order valence-corrected chi connectivity index (χ3v) is 7.33. The molecular formula is C27H25IN2O5. The van der Waals surface area contributed by atoms with Crippen molar-refractivity contribution in [1.29, 1.82) is 0 Å². The van der Waals surface area contributed by atoms with E-state index < -0.39 is 23.5 Å². The van der Waals surface area contributed by atoms with Gasteiger partial charge in [0.15, 0.2) is 0 Å². The fraction of sp³-hybridized carbons (Fsp3) is 0.222. The predicted octanol–water partition coefficient (Wildman–Crippen LogP) is 5.64. The quantitative estimate of drug-likeness (QED) is 0.312. The summed E-state index contributed by atoms with van der Waals surface area (Å²) in [5.41, 5.74) is 3.63. The average Bonchev–Trinajstić information content (AvgIpc) is 3.17. The summed E-state index contributed by atoms with van der Waals surface area (Å²) in [5.74, 6) is -1.64. The number of ether oxygens (including phenoxy) is 1. The fourth-order valence-corrected chi connectivity index (χ4v) is 4.65. The zero-order valence-electron chi connectivity index (χ0n) is 19.3. The molecule has 7 nitrogen and oxygen atoms in total. The van der Waals surface area contributed by atoms with Gasteiger partial charge in [0, 0.05) is 9.49 Å². The second-order valence-electron chi connectivity index (χ2n) is 8.59. The molecule has 1 aliphatic rings. The Morgan fingerprint density at radius 2 is 1.60 bits per heavy atom. The van der Waals surface area contributed by atoms with Crippen LogP contribution in [-0.2, 0) is 9.53 Å². The largest absolute Gasteiger partial charge is 0.478 e. The number of amides is 2. The predicted molar refractivity (Wildman–Crippen MR) is 142 cm³/mol. The molecule has 0 aliphatic heterocycles. The van der Waals surface area contributed by atoms with E-state index in [4.69, 9.17) is 4.74 Å². The Labute approximate surface area is 217 Å². The highest BCUT2D eigenvalue weighted by Gasteiger charge is 2.35. The van der Waals surface area contributed by atoms with Crippen molar-refractivity contribution in [3.63, 3.8) is 0 Å². The van der Waals surface area contributed by atoms with Crippen molar-refractivity contribution in [2.75, 3.05) is 11.9 Å². The van der Waals surface area contributed by atoms with Gasteiger partial charge in [-0.2, -0.15) is 0 Å². The first-order valence-electron chi connectivity index (χ1n) is 11.2. The van der Waals surface area contributed by atoms with E-state index in [1.165, 1.54) is 12.1 Å². The second-order valence-corrected chi connectivity index (χ2v) is 9.75. The van der Waals surface area contributed by atoms with Crippen LogP contribution in [0.5, 0.6) is 0 Å². The highest BCUT2D eigenvalue weighted by molar-refractivity contribution is 14.1. The molecule has 0 aromatic heterocycles. The first-order chi connectivity index (χ1) is 16.7. The van der Waals surface area contributed by atoms with Gasteiger partial charge in [-0.3, -0.25) is 4.79 Å². The van der Waals surface area contributed by atoms with Gasteiger partial charge in [-0.15, -0.1) is 0 Å². The number of hydrogen-bond acceptors (Lipinski definition) is 4. The Bertz CT molecular complexity index is 1260. The number of hydrogen-bond donors (Lipinski definition) is 3. The summed E-state index contributed by atoms with van der Waals surface area (Å²) in [6.45, 7) is 3.53. The topological polar surface area (TPSA) is 105 Å². The fourth-order valence-electron chi connectivity index (χ4n) is 4.18. The molecule has 0 heterocycles. The van der Waals surface area contributed by atoms with Crippen molar-refractivity contribution < 1.29 is 24.2 Å². The van der Waals surface area contributed by atoms with Gasteiger partial charge in [0.05, 0.1) is 11.3 Å². The van der Waals surface area contributed by atoms with E-state index in [2.05, 4.69) is 22.8 Å². The van der Waals surface area contributed by atoms with Gasteiger partial charge in [-0.05, 0) is 76.4 Å². The Morgan fingerprint density at radius 1 is 1.00 bits per heavy atom. The molecule has 180 valence electrons. The molecule has 8 heteroatoms. The highest BCUT2D eigenvalue weighted by atomic mass is 127. The van der Waals surface area contributed by atoms with E-state index in [9.17, 15) is 19.5 Å². The van der Waals surface area contributed by atoms with Crippen molar-refractivity contribution in [2.24, 2.45) is 0 Å². The first kappa shape index (κ1) is 24.7. The first-order valence-corrected chi connectivity index (χ1v) is 12.3. The maximum Gasteiger partial charge on any atom is 0.408 e. The number of carbonyl (C=O) groups is 3. The molecule has 0 saturated carbocycles. The molecule has 4 rings (SSSR count). The number of rotatable bonds is 7. The van der Waals surface area contributed by atoms with Crippen molar-refractivity contribution in [2.45, 2.75) is 31.7 Å². The minimum Gasteiger partial charge on any atom is -0.478 e. The normalized spacial score (nSPS) is 13.8. The molecule has 35 heavy (non-hydrogen) atoms. The zero-order valence-corrected chi connectivity index (χ0v) is 21.5. The Hall–Kier alpha value is -3.40. The molecule has 0 saturated heterocycles. The summed E-state index contributed by atoms with van der Waals surface area (Å²) >= 11 is 2.02. The number of anilines is 1. The number of aromatic carboxylic acids is 1. The van der Waals surface area contributed by atoms with Crippen LogP contribution in [0.25, 0.3) is 11.1 Å². The van der Waals surface area contributed by atoms with Crippen LogP contribution in [0.3, 0.4) is 0 Å². The van der Waals surface area contributed by atoms with Gasteiger partial charge >= 0.3 is 12.1 Å². The lowest BCUT2D eigenvalue weighted by Crippen LogP contribution is -2.54. The van der Waals surface area contributed by atoms with Crippen molar-refractivity contribution in [3.8, 4) is 11.1 Å². The lowest BCUT2D eigenvalue weighted by Gasteiger charge is -2.28. The van der Waals surface area contributed by atoms with Crippen LogP contribution >= 0.6 is 22.6 Å². The van der Waals surface area contributed by atoms with Crippen LogP contribution < -0.4 is 10.6 Å². The SMILES string of the molecule is CCC(C)(NC(=O)OCC1c2ccccc2-c2ccccc21)C(=O)Nc1cc(C(=O)O)ccc1I. The van der Waals surface area contributed by atoms with Gasteiger partial charge in [-0.1, -0.05) is 55.5 Å². The van der Waals surface area contributed by atoms with Crippen molar-refractivity contribution >= 4 is 46.2 Å². The van der Waals surface area contributed by atoms with E-state index in [1.807, 2.05) is 59.0 Å². The van der Waals surface area contributed by atoms with E-state index in [1.54, 1.807) is 19.9 Å². The summed E-state index contributed by atoms with van der Waals surface area (Å²) in [6, 6.07) is 20.6. The Balaban J connectivity index is 1.45. The van der Waals surface area contributed by atoms with Gasteiger partial charge < -0.3 is 20.5 Å². The number of fused-ring (bicyclic) bond motifs is 3. The maximum absolute atomic E-state index is 13.1. The van der Waals surface area contributed by atoms with Crippen LogP contribution in [0.4, 0.5) is 10.5 Å². The molecule has 2 amide bonds. The molecule has 1 aliphatic carbocycles. The van der Waals surface area contributed by atoms with E-state index in [-0.39, 0.29) is 18.1 Å². The van der Waals surface area contributed by atoms with Gasteiger partial charge in [0.25, 0.3) is 0 Å². The molecule has 0 fully saturated rings. The van der Waals surface area contributed by atoms with Gasteiger partial charge in [-0.25, -0.2) is 9.59 Å². The van der Waals surface area contributed by atoms with Crippen LogP contribution in [0, 0.1) is 3.57 Å². The summed E-state index contributed by atoms with van der Waals surface area (Å²) in [6.07, 6.45) is -0.390. The van der Waals surface area contributed by atoms with E-state index in [0.29, 0.717) is 15.7 Å². The molecule has 3 aromatic rings. The van der Waals surface area contributed by atoms with Crippen molar-refractivity contribution in [3.05, 3.63) is 87.0 Å². The summed E-state index contributed by atoms with van der Waals surface area (Å²) in [7, 11) is 0. The number of halogens is 1. The van der Waals surface area contributed by atoms with Crippen molar-refractivity contribution in [1.82, 2.24) is 5.32 Å². The molecule has 3 aromatic carbocycles. The number of carbonyl (C=O) groups excluding carboxylic acids is 2. The van der Waals surface area contributed by atoms with E-state index in [0.717, 1.165) is 22.3 Å². The summed E-state index contributed by atoms with van der Waals surface area (Å²) in [4.78, 5) is 37.2. The molecular weight excluding hydrogens is 559 g/mol. The highest BCUT2D eigenvalue weighted by Crippen LogP contribution is 2.44. The minimum absolute atomic E-state index is 0.0587. The molecule has 1 atom stereocenters. The molecule has 0 spiro atoms. The minimum atomic E-state index is -1.26. The number of nitrogens with one attached hydrogen (secondary N) is 2. The Kier molecular flexibility index (Phi) is 7.11. The lowest BCUT2D eigenvalue weighted by atomic mass is 9.97. The zero-order chi connectivity index (χ0) is 25.2. The van der Waals surface area contributed by atoms with Crippen LogP contribution in [0.1, 0.15) is 47.7 Å². The van der Waals surface area contributed by atoms with E-state index >= 15 is 0 Å². The third-order valence-electron chi connectivity index (χ3n) is 6.39. The van der Waals surface area contributed by atoms with Crippen LogP contribution in [-0.4, -0.2) is 35.2 Å². The standard InChI is InChI=1S/C27H25IN2O5/c1-3-27(2,25(33)29-23-14-16(24(31)32)12-13-22(23)28)30-26(34)35-15-21-19-10-6-4-8-17(19)18-9-5-7-11-20(18)21/h4-14,21H,3,15H2,1-2H3,(H,29,33)(H,30,34)(H,31,32). The maximum atomic E-state index is 13.1. The average molecular weight is 584 g/mol. The summed E-state index contributed by atoms with van der Waals surface area (Å²) in [5, 5.41) is 14.7. The molecule has 1 unspecified atom stereocenters. The third kappa shape index (κ3) is 5.02. The number of benzene rings is 3. The lowest BCUT2D eigenvalue weighted by molar-refractivity contribution is -0.121. The molecule has 0 bridgehead atoms. The smallest absolute Gasteiger partial charge is 0.408 e. The summed E-state index contributed by atoms with van der Waals surface area (Å²) < 4.78 is 6.28. The van der Waals surface area contributed by atoms with Gasteiger partial charge in [0.1, 0.15) is 12.1 Å². The van der Waals surface area contributed by atoms with Crippen LogP contribution in [0.15, 0.2) is 66.7 Å². The molecule has 3 N–H and O–H groups in total.